The van der Waals surface area contributed by atoms with E-state index in [1.807, 2.05) is 6.92 Å². The van der Waals surface area contributed by atoms with Crippen molar-refractivity contribution in [2.24, 2.45) is 5.92 Å². The minimum absolute atomic E-state index is 0.447. The molecule has 0 radical (unpaired) electrons. The van der Waals surface area contributed by atoms with Crippen LogP contribution in [0.3, 0.4) is 0 Å². The average molecular weight is 237 g/mol. The molecule has 1 unspecified atom stereocenters. The Morgan fingerprint density at radius 2 is 1.82 bits per heavy atom. The van der Waals surface area contributed by atoms with E-state index >= 15 is 0 Å². The lowest BCUT2D eigenvalue weighted by Crippen LogP contribution is -2.28. The van der Waals surface area contributed by atoms with Gasteiger partial charge in [0, 0.05) is 11.6 Å². The lowest BCUT2D eigenvalue weighted by Gasteiger charge is -2.26. The number of hydrogen-bond acceptors (Lipinski definition) is 2. The van der Waals surface area contributed by atoms with Crippen LogP contribution in [0.1, 0.15) is 63.2 Å². The first kappa shape index (κ1) is 14.3. The van der Waals surface area contributed by atoms with Crippen LogP contribution in [-0.2, 0) is 0 Å². The third-order valence-electron chi connectivity index (χ3n) is 3.55. The number of aryl methyl sites for hydroxylation is 2. The van der Waals surface area contributed by atoms with Gasteiger partial charge in [-0.3, -0.25) is 0 Å². The molecule has 0 aromatic carbocycles. The monoisotopic (exact) mass is 237 g/mol. The number of furan rings is 1. The van der Waals surface area contributed by atoms with Crippen molar-refractivity contribution in [3.63, 3.8) is 0 Å². The van der Waals surface area contributed by atoms with Crippen LogP contribution in [-0.4, -0.2) is 6.54 Å². The lowest BCUT2D eigenvalue weighted by atomic mass is 9.89. The van der Waals surface area contributed by atoms with Crippen molar-refractivity contribution in [2.75, 3.05) is 6.54 Å². The molecule has 0 aliphatic rings. The van der Waals surface area contributed by atoms with Crippen LogP contribution in [0, 0.1) is 19.8 Å². The van der Waals surface area contributed by atoms with Gasteiger partial charge in [0.05, 0.1) is 0 Å². The molecule has 1 N–H and O–H groups in total. The molecule has 0 fully saturated rings. The van der Waals surface area contributed by atoms with Gasteiger partial charge in [-0.25, -0.2) is 0 Å². The Morgan fingerprint density at radius 1 is 1.18 bits per heavy atom. The summed E-state index contributed by atoms with van der Waals surface area (Å²) in [6.07, 6.45) is 3.59. The Bertz CT molecular complexity index is 326. The summed E-state index contributed by atoms with van der Waals surface area (Å²) >= 11 is 0. The lowest BCUT2D eigenvalue weighted by molar-refractivity contribution is 0.337. The van der Waals surface area contributed by atoms with Crippen molar-refractivity contribution in [1.29, 1.82) is 0 Å². The predicted octanol–water partition coefficient (Wildman–Crippen LogP) is 4.37. The minimum Gasteiger partial charge on any atom is -0.466 e. The number of rotatable bonds is 7. The maximum absolute atomic E-state index is 5.67. The normalized spacial score (nSPS) is 13.3. The second-order valence-corrected chi connectivity index (χ2v) is 4.88. The Balaban J connectivity index is 2.92. The van der Waals surface area contributed by atoms with E-state index in [0.717, 1.165) is 18.1 Å². The highest BCUT2D eigenvalue weighted by molar-refractivity contribution is 5.24. The molecule has 0 bridgehead atoms. The van der Waals surface area contributed by atoms with Crippen molar-refractivity contribution in [3.05, 3.63) is 23.2 Å². The zero-order valence-electron chi connectivity index (χ0n) is 12.0. The highest BCUT2D eigenvalue weighted by atomic mass is 16.3. The second kappa shape index (κ2) is 6.85. The van der Waals surface area contributed by atoms with Crippen LogP contribution in [0.5, 0.6) is 0 Å². The quantitative estimate of drug-likeness (QED) is 0.761. The second-order valence-electron chi connectivity index (χ2n) is 4.88. The molecule has 1 rings (SSSR count). The third kappa shape index (κ3) is 3.60. The summed E-state index contributed by atoms with van der Waals surface area (Å²) in [5, 5.41) is 3.68. The van der Waals surface area contributed by atoms with Gasteiger partial charge in [-0.05, 0) is 38.8 Å². The summed E-state index contributed by atoms with van der Waals surface area (Å²) in [4.78, 5) is 0. The van der Waals surface area contributed by atoms with Crippen molar-refractivity contribution < 1.29 is 4.42 Å². The molecule has 0 amide bonds. The van der Waals surface area contributed by atoms with Gasteiger partial charge >= 0.3 is 0 Å². The summed E-state index contributed by atoms with van der Waals surface area (Å²) in [7, 11) is 0. The standard InChI is InChI=1S/C15H27NO/c1-6-9-16-15(13(7-2)8-3)14-10-11(4)17-12(14)5/h10,13,15-16H,6-9H2,1-5H3. The van der Waals surface area contributed by atoms with Gasteiger partial charge in [-0.15, -0.1) is 0 Å². The largest absolute Gasteiger partial charge is 0.466 e. The van der Waals surface area contributed by atoms with Gasteiger partial charge in [0.15, 0.2) is 0 Å². The molecule has 0 aliphatic carbocycles. The van der Waals surface area contributed by atoms with Crippen molar-refractivity contribution in [2.45, 2.75) is 59.9 Å². The summed E-state index contributed by atoms with van der Waals surface area (Å²) < 4.78 is 5.67. The summed E-state index contributed by atoms with van der Waals surface area (Å²) in [5.41, 5.74) is 1.35. The molecular weight excluding hydrogens is 210 g/mol. The third-order valence-corrected chi connectivity index (χ3v) is 3.55. The Hall–Kier alpha value is -0.760. The Kier molecular flexibility index (Phi) is 5.76. The van der Waals surface area contributed by atoms with E-state index in [9.17, 15) is 0 Å². The SMILES string of the molecule is CCCNC(c1cc(C)oc1C)C(CC)CC. The smallest absolute Gasteiger partial charge is 0.105 e. The van der Waals surface area contributed by atoms with Gasteiger partial charge in [0.25, 0.3) is 0 Å². The molecule has 1 heterocycles. The fraction of sp³-hybridized carbons (Fsp3) is 0.733. The first-order chi connectivity index (χ1) is 8.13. The molecule has 17 heavy (non-hydrogen) atoms. The molecular formula is C15H27NO. The molecule has 1 aromatic rings. The highest BCUT2D eigenvalue weighted by Crippen LogP contribution is 2.31. The minimum atomic E-state index is 0.447. The van der Waals surface area contributed by atoms with Gasteiger partial charge in [0.2, 0.25) is 0 Å². The maximum atomic E-state index is 5.67. The van der Waals surface area contributed by atoms with Crippen LogP contribution < -0.4 is 5.32 Å². The van der Waals surface area contributed by atoms with Crippen molar-refractivity contribution >= 4 is 0 Å². The zero-order chi connectivity index (χ0) is 12.8. The van der Waals surface area contributed by atoms with Crippen molar-refractivity contribution in [3.8, 4) is 0 Å². The van der Waals surface area contributed by atoms with Gasteiger partial charge in [-0.2, -0.15) is 0 Å². The Morgan fingerprint density at radius 3 is 2.24 bits per heavy atom. The van der Waals surface area contributed by atoms with E-state index in [1.54, 1.807) is 0 Å². The Labute approximate surface area is 106 Å². The fourth-order valence-corrected chi connectivity index (χ4v) is 2.55. The molecule has 2 heteroatoms. The molecule has 98 valence electrons. The molecule has 0 saturated heterocycles. The molecule has 1 aromatic heterocycles. The van der Waals surface area contributed by atoms with E-state index in [1.165, 1.54) is 24.8 Å². The van der Waals surface area contributed by atoms with Crippen LogP contribution in [0.4, 0.5) is 0 Å². The summed E-state index contributed by atoms with van der Waals surface area (Å²) in [5.74, 6) is 2.78. The highest BCUT2D eigenvalue weighted by Gasteiger charge is 2.23. The van der Waals surface area contributed by atoms with Crippen molar-refractivity contribution in [1.82, 2.24) is 5.32 Å². The van der Waals surface area contributed by atoms with Crippen LogP contribution in [0.15, 0.2) is 10.5 Å². The molecule has 2 nitrogen and oxygen atoms in total. The first-order valence-corrected chi connectivity index (χ1v) is 6.94. The maximum Gasteiger partial charge on any atom is 0.105 e. The number of hydrogen-bond donors (Lipinski definition) is 1. The summed E-state index contributed by atoms with van der Waals surface area (Å²) in [6, 6.07) is 2.64. The molecule has 0 saturated carbocycles. The molecule has 1 atom stereocenters. The first-order valence-electron chi connectivity index (χ1n) is 6.94. The van der Waals surface area contributed by atoms with Gasteiger partial charge in [-0.1, -0.05) is 33.6 Å². The zero-order valence-corrected chi connectivity index (χ0v) is 12.0. The van der Waals surface area contributed by atoms with E-state index in [4.69, 9.17) is 4.42 Å². The van der Waals surface area contributed by atoms with Crippen LogP contribution in [0.25, 0.3) is 0 Å². The summed E-state index contributed by atoms with van der Waals surface area (Å²) in [6.45, 7) is 11.9. The predicted molar refractivity (Wildman–Crippen MR) is 73.3 cm³/mol. The van der Waals surface area contributed by atoms with E-state index in [0.29, 0.717) is 12.0 Å². The molecule has 0 spiro atoms. The van der Waals surface area contributed by atoms with Crippen LogP contribution in [0.2, 0.25) is 0 Å². The number of nitrogens with one attached hydrogen (secondary N) is 1. The average Bonchev–Trinajstić information content (AvgIpc) is 2.64. The topological polar surface area (TPSA) is 25.2 Å². The van der Waals surface area contributed by atoms with E-state index in [-0.39, 0.29) is 0 Å². The molecule has 0 aliphatic heterocycles. The van der Waals surface area contributed by atoms with E-state index < -0.39 is 0 Å². The fourth-order valence-electron chi connectivity index (χ4n) is 2.55. The van der Waals surface area contributed by atoms with E-state index in [2.05, 4.69) is 39.1 Å². The van der Waals surface area contributed by atoms with Gasteiger partial charge < -0.3 is 9.73 Å². The van der Waals surface area contributed by atoms with Crippen LogP contribution >= 0.6 is 0 Å². The van der Waals surface area contributed by atoms with Gasteiger partial charge in [0.1, 0.15) is 11.5 Å².